The normalized spacial score (nSPS) is 23.9. The predicted octanol–water partition coefficient (Wildman–Crippen LogP) is 6.20. The van der Waals surface area contributed by atoms with Gasteiger partial charge in [-0.15, -0.1) is 0 Å². The van der Waals surface area contributed by atoms with Crippen molar-refractivity contribution in [3.05, 3.63) is 59.2 Å². The minimum atomic E-state index is -4.44. The van der Waals surface area contributed by atoms with Crippen LogP contribution in [-0.2, 0) is 17.4 Å². The van der Waals surface area contributed by atoms with E-state index in [2.05, 4.69) is 51.0 Å². The van der Waals surface area contributed by atoms with Crippen molar-refractivity contribution in [2.75, 3.05) is 32.7 Å². The van der Waals surface area contributed by atoms with Gasteiger partial charge in [-0.3, -0.25) is 9.69 Å². The summed E-state index contributed by atoms with van der Waals surface area (Å²) in [5.74, 6) is 1.40. The number of halogens is 3. The zero-order chi connectivity index (χ0) is 29.0. The molecule has 1 aliphatic carbocycles. The fourth-order valence-electron chi connectivity index (χ4n) is 7.09. The van der Waals surface area contributed by atoms with Crippen LogP contribution in [0.25, 0.3) is 0 Å². The molecule has 224 valence electrons. The Labute approximate surface area is 241 Å². The third kappa shape index (κ3) is 7.86. The summed E-state index contributed by atoms with van der Waals surface area (Å²) in [5.41, 5.74) is 1.68. The SMILES string of the molecule is Cc1cccc(C2CN(C(CC3CCC3)C(=O)O)CC2CN2CCC(CCCc3nccc(C(F)(F)F)n3)CC2)c1. The second kappa shape index (κ2) is 13.2. The molecule has 3 heterocycles. The van der Waals surface area contributed by atoms with Gasteiger partial charge >= 0.3 is 12.1 Å². The first-order chi connectivity index (χ1) is 19.7. The van der Waals surface area contributed by atoms with Crippen molar-refractivity contribution in [1.82, 2.24) is 19.8 Å². The Morgan fingerprint density at radius 1 is 1.10 bits per heavy atom. The van der Waals surface area contributed by atoms with E-state index in [1.54, 1.807) is 0 Å². The van der Waals surface area contributed by atoms with Crippen LogP contribution in [0.15, 0.2) is 36.5 Å². The van der Waals surface area contributed by atoms with E-state index in [0.717, 1.165) is 83.7 Å². The van der Waals surface area contributed by atoms with E-state index in [0.29, 0.717) is 30.1 Å². The summed E-state index contributed by atoms with van der Waals surface area (Å²) in [4.78, 5) is 24.9. The van der Waals surface area contributed by atoms with Crippen LogP contribution in [0.4, 0.5) is 13.2 Å². The lowest BCUT2D eigenvalue weighted by Gasteiger charge is -2.35. The van der Waals surface area contributed by atoms with E-state index in [-0.39, 0.29) is 5.82 Å². The maximum absolute atomic E-state index is 12.9. The van der Waals surface area contributed by atoms with Gasteiger partial charge in [-0.05, 0) is 81.5 Å². The third-order valence-corrected chi connectivity index (χ3v) is 9.66. The van der Waals surface area contributed by atoms with Gasteiger partial charge in [0.15, 0.2) is 0 Å². The molecule has 0 amide bonds. The van der Waals surface area contributed by atoms with Gasteiger partial charge < -0.3 is 10.0 Å². The van der Waals surface area contributed by atoms with Crippen molar-refractivity contribution in [2.24, 2.45) is 17.8 Å². The highest BCUT2D eigenvalue weighted by Crippen LogP contribution is 2.39. The number of aliphatic carboxylic acids is 1. The zero-order valence-corrected chi connectivity index (χ0v) is 24.0. The molecule has 9 heteroatoms. The fraction of sp³-hybridized carbons (Fsp3) is 0.656. The molecule has 3 aliphatic rings. The van der Waals surface area contributed by atoms with Gasteiger partial charge in [-0.25, -0.2) is 9.97 Å². The topological polar surface area (TPSA) is 69.6 Å². The molecule has 3 unspecified atom stereocenters. The van der Waals surface area contributed by atoms with Crippen molar-refractivity contribution in [1.29, 1.82) is 0 Å². The second-order valence-corrected chi connectivity index (χ2v) is 12.6. The van der Waals surface area contributed by atoms with Gasteiger partial charge in [0.25, 0.3) is 0 Å². The quantitative estimate of drug-likeness (QED) is 0.346. The van der Waals surface area contributed by atoms with E-state index in [4.69, 9.17) is 0 Å². The number of alkyl halides is 3. The Morgan fingerprint density at radius 3 is 2.54 bits per heavy atom. The monoisotopic (exact) mass is 572 g/mol. The van der Waals surface area contributed by atoms with Gasteiger partial charge in [0.05, 0.1) is 0 Å². The Morgan fingerprint density at radius 2 is 1.88 bits per heavy atom. The smallest absolute Gasteiger partial charge is 0.433 e. The number of piperidine rings is 1. The fourth-order valence-corrected chi connectivity index (χ4v) is 7.09. The molecule has 3 atom stereocenters. The molecule has 3 fully saturated rings. The molecule has 0 spiro atoms. The molecular weight excluding hydrogens is 529 g/mol. The van der Waals surface area contributed by atoms with Gasteiger partial charge in [-0.1, -0.05) is 49.1 Å². The van der Waals surface area contributed by atoms with Crippen molar-refractivity contribution in [2.45, 2.75) is 82.8 Å². The number of rotatable bonds is 11. The Bertz CT molecular complexity index is 1160. The number of aryl methyl sites for hydroxylation is 2. The van der Waals surface area contributed by atoms with Gasteiger partial charge in [0, 0.05) is 38.2 Å². The number of carboxylic acid groups (broad SMARTS) is 1. The largest absolute Gasteiger partial charge is 0.480 e. The number of carbonyl (C=O) groups is 1. The van der Waals surface area contributed by atoms with Crippen LogP contribution in [0.3, 0.4) is 0 Å². The summed E-state index contributed by atoms with van der Waals surface area (Å²) in [6.45, 7) is 6.71. The van der Waals surface area contributed by atoms with E-state index < -0.39 is 23.9 Å². The van der Waals surface area contributed by atoms with Crippen molar-refractivity contribution in [3.63, 3.8) is 0 Å². The number of benzene rings is 1. The minimum absolute atomic E-state index is 0.266. The first-order valence-electron chi connectivity index (χ1n) is 15.3. The van der Waals surface area contributed by atoms with Gasteiger partial charge in [0.2, 0.25) is 0 Å². The average molecular weight is 573 g/mol. The van der Waals surface area contributed by atoms with E-state index in [1.165, 1.54) is 23.7 Å². The average Bonchev–Trinajstić information content (AvgIpc) is 3.31. The Balaban J connectivity index is 1.15. The van der Waals surface area contributed by atoms with Crippen LogP contribution < -0.4 is 0 Å². The highest BCUT2D eigenvalue weighted by atomic mass is 19.4. The number of hydrogen-bond acceptors (Lipinski definition) is 5. The van der Waals surface area contributed by atoms with Crippen LogP contribution >= 0.6 is 0 Å². The van der Waals surface area contributed by atoms with Crippen LogP contribution in [0.1, 0.15) is 79.9 Å². The second-order valence-electron chi connectivity index (χ2n) is 12.6. The molecule has 0 bridgehead atoms. The lowest BCUT2D eigenvalue weighted by molar-refractivity contribution is -0.144. The highest BCUT2D eigenvalue weighted by molar-refractivity contribution is 5.73. The summed E-state index contributed by atoms with van der Waals surface area (Å²) in [6.07, 6.45) is 5.44. The van der Waals surface area contributed by atoms with E-state index in [9.17, 15) is 23.1 Å². The zero-order valence-electron chi connectivity index (χ0n) is 24.0. The number of likely N-dealkylation sites (tertiary alicyclic amines) is 2. The summed E-state index contributed by atoms with van der Waals surface area (Å²) in [7, 11) is 0. The molecule has 0 radical (unpaired) electrons. The summed E-state index contributed by atoms with van der Waals surface area (Å²) < 4.78 is 38.8. The van der Waals surface area contributed by atoms with Crippen LogP contribution in [0.2, 0.25) is 0 Å². The molecule has 1 N–H and O–H groups in total. The first-order valence-corrected chi connectivity index (χ1v) is 15.3. The first kappa shape index (κ1) is 30.0. The summed E-state index contributed by atoms with van der Waals surface area (Å²) in [5, 5.41) is 10.1. The van der Waals surface area contributed by atoms with E-state index in [1.807, 2.05) is 0 Å². The third-order valence-electron chi connectivity index (χ3n) is 9.66. The minimum Gasteiger partial charge on any atom is -0.480 e. The van der Waals surface area contributed by atoms with Gasteiger partial charge in [-0.2, -0.15) is 13.2 Å². The van der Waals surface area contributed by atoms with Crippen molar-refractivity contribution in [3.8, 4) is 0 Å². The maximum Gasteiger partial charge on any atom is 0.433 e. The lowest BCUT2D eigenvalue weighted by atomic mass is 9.80. The molecule has 5 rings (SSSR count). The molecule has 2 saturated heterocycles. The molecule has 1 aromatic carbocycles. The lowest BCUT2D eigenvalue weighted by Crippen LogP contribution is -2.43. The van der Waals surface area contributed by atoms with Crippen molar-refractivity contribution >= 4 is 5.97 Å². The molecule has 1 aromatic heterocycles. The van der Waals surface area contributed by atoms with Crippen LogP contribution in [0, 0.1) is 24.7 Å². The van der Waals surface area contributed by atoms with Crippen LogP contribution in [0.5, 0.6) is 0 Å². The molecule has 2 aromatic rings. The van der Waals surface area contributed by atoms with E-state index >= 15 is 0 Å². The number of carboxylic acids is 1. The molecule has 41 heavy (non-hydrogen) atoms. The van der Waals surface area contributed by atoms with Crippen molar-refractivity contribution < 1.29 is 23.1 Å². The standard InChI is InChI=1S/C32H43F3N4O2/c1-22-5-2-9-25(17-22)27-21-39(28(31(40)41)18-24-7-3-8-24)20-26(27)19-38-15-12-23(13-16-38)6-4-10-30-36-14-11-29(37-30)32(33,34)35/h2,5,9,11,14,17,23-24,26-28H,3-4,6-8,10,12-13,15-16,18-21H2,1H3,(H,40,41). The Hall–Kier alpha value is -2.52. The molecule has 6 nitrogen and oxygen atoms in total. The number of hydrogen-bond donors (Lipinski definition) is 1. The maximum atomic E-state index is 12.9. The summed E-state index contributed by atoms with van der Waals surface area (Å²) in [6, 6.07) is 9.22. The van der Waals surface area contributed by atoms with Crippen LogP contribution in [-0.4, -0.2) is 69.6 Å². The Kier molecular flexibility index (Phi) is 9.64. The van der Waals surface area contributed by atoms with Gasteiger partial charge in [0.1, 0.15) is 17.6 Å². The number of nitrogens with zero attached hydrogens (tertiary/aromatic N) is 4. The highest BCUT2D eigenvalue weighted by Gasteiger charge is 2.41. The predicted molar refractivity (Wildman–Crippen MR) is 152 cm³/mol. The molecule has 2 aliphatic heterocycles. The molecular formula is C32H43F3N4O2. The number of aromatic nitrogens is 2. The summed E-state index contributed by atoms with van der Waals surface area (Å²) >= 11 is 0. The molecule has 1 saturated carbocycles.